The van der Waals surface area contributed by atoms with Crippen LogP contribution < -0.4 is 5.32 Å². The Morgan fingerprint density at radius 2 is 2.31 bits per heavy atom. The number of aryl methyl sites for hydroxylation is 3. The average molecular weight is 353 g/mol. The maximum Gasteiger partial charge on any atom is 0.254 e. The van der Waals surface area contributed by atoms with Gasteiger partial charge < -0.3 is 14.9 Å². The first-order chi connectivity index (χ1) is 12.5. The van der Waals surface area contributed by atoms with Crippen molar-refractivity contribution >= 4 is 5.91 Å². The predicted molar refractivity (Wildman–Crippen MR) is 92.5 cm³/mol. The summed E-state index contributed by atoms with van der Waals surface area (Å²) in [4.78, 5) is 16.7. The highest BCUT2D eigenvalue weighted by molar-refractivity contribution is 5.94. The summed E-state index contributed by atoms with van der Waals surface area (Å²) in [5.74, 6) is 0.948. The van der Waals surface area contributed by atoms with Crippen molar-refractivity contribution in [1.29, 1.82) is 0 Å². The number of aromatic hydroxyl groups is 1. The molecule has 0 saturated heterocycles. The Kier molecular flexibility index (Phi) is 3.95. The molecule has 1 atom stereocenters. The Morgan fingerprint density at radius 3 is 3.00 bits per heavy atom. The largest absolute Gasteiger partial charge is 0.508 e. The molecule has 0 saturated carbocycles. The van der Waals surface area contributed by atoms with E-state index in [1.54, 1.807) is 24.0 Å². The summed E-state index contributed by atoms with van der Waals surface area (Å²) in [5.41, 5.74) is 2.95. The second-order valence-electron chi connectivity index (χ2n) is 6.40. The monoisotopic (exact) mass is 353 g/mol. The Hall–Kier alpha value is -3.16. The third-order valence-corrected chi connectivity index (χ3v) is 4.60. The van der Waals surface area contributed by atoms with Crippen LogP contribution in [0.1, 0.15) is 46.8 Å². The molecule has 0 bridgehead atoms. The molecule has 0 fully saturated rings. The molecule has 4 rings (SSSR count). The van der Waals surface area contributed by atoms with Gasteiger partial charge in [-0.25, -0.2) is 0 Å². The number of nitrogens with zero attached hydrogens (tertiary/aromatic N) is 4. The topological polar surface area (TPSA) is 106 Å². The normalized spacial score (nSPS) is 15.8. The van der Waals surface area contributed by atoms with Crippen molar-refractivity contribution in [3.8, 4) is 17.1 Å². The van der Waals surface area contributed by atoms with Crippen LogP contribution in [0.2, 0.25) is 0 Å². The van der Waals surface area contributed by atoms with Crippen LogP contribution in [0.3, 0.4) is 0 Å². The fourth-order valence-corrected chi connectivity index (χ4v) is 3.32. The van der Waals surface area contributed by atoms with E-state index in [1.165, 1.54) is 6.20 Å². The van der Waals surface area contributed by atoms with Gasteiger partial charge in [-0.15, -0.1) is 0 Å². The fourth-order valence-electron chi connectivity index (χ4n) is 3.32. The standard InChI is InChI=1S/C18H19N5O3/c1-3-15-21-17(22-26-15)11-6-10-4-5-13(16(10)14(24)7-11)20-18(25)12-8-19-23(2)9-12/h6-9,13,24H,3-5H2,1-2H3,(H,20,25)/t13-/m1/s1. The molecule has 1 aromatic carbocycles. The van der Waals surface area contributed by atoms with Crippen molar-refractivity contribution in [3.63, 3.8) is 0 Å². The van der Waals surface area contributed by atoms with Gasteiger partial charge in [0, 0.05) is 30.8 Å². The molecule has 0 aliphatic heterocycles. The first kappa shape index (κ1) is 16.3. The minimum absolute atomic E-state index is 0.134. The molecule has 1 amide bonds. The van der Waals surface area contributed by atoms with Gasteiger partial charge in [0.2, 0.25) is 11.7 Å². The quantitative estimate of drug-likeness (QED) is 0.744. The highest BCUT2D eigenvalue weighted by atomic mass is 16.5. The summed E-state index contributed by atoms with van der Waals surface area (Å²) >= 11 is 0. The number of carbonyl (C=O) groups is 1. The summed E-state index contributed by atoms with van der Waals surface area (Å²) in [6.07, 6.45) is 5.33. The average Bonchev–Trinajstić information content (AvgIpc) is 3.34. The van der Waals surface area contributed by atoms with E-state index in [-0.39, 0.29) is 17.7 Å². The summed E-state index contributed by atoms with van der Waals surface area (Å²) in [5, 5.41) is 21.5. The molecule has 2 N–H and O–H groups in total. The lowest BCUT2D eigenvalue weighted by Gasteiger charge is -2.15. The SMILES string of the molecule is CCc1nc(-c2cc(O)c3c(c2)CC[C@H]3NC(=O)c2cnn(C)c2)no1. The van der Waals surface area contributed by atoms with E-state index in [4.69, 9.17) is 4.52 Å². The highest BCUT2D eigenvalue weighted by Gasteiger charge is 2.29. The number of aromatic nitrogens is 4. The Bertz CT molecular complexity index is 975. The van der Waals surface area contributed by atoms with E-state index in [9.17, 15) is 9.90 Å². The highest BCUT2D eigenvalue weighted by Crippen LogP contribution is 2.40. The zero-order chi connectivity index (χ0) is 18.3. The van der Waals surface area contributed by atoms with Crippen molar-refractivity contribution in [2.75, 3.05) is 0 Å². The molecule has 3 aromatic rings. The van der Waals surface area contributed by atoms with Gasteiger partial charge in [-0.2, -0.15) is 10.1 Å². The van der Waals surface area contributed by atoms with Crippen molar-refractivity contribution in [2.45, 2.75) is 32.2 Å². The summed E-state index contributed by atoms with van der Waals surface area (Å²) in [7, 11) is 1.76. The molecule has 8 nitrogen and oxygen atoms in total. The zero-order valence-electron chi connectivity index (χ0n) is 14.6. The lowest BCUT2D eigenvalue weighted by atomic mass is 10.0. The Balaban J connectivity index is 1.60. The number of fused-ring (bicyclic) bond motifs is 1. The van der Waals surface area contributed by atoms with Crippen LogP contribution in [-0.4, -0.2) is 30.9 Å². The second kappa shape index (κ2) is 6.29. The van der Waals surface area contributed by atoms with Gasteiger partial charge in [-0.3, -0.25) is 9.48 Å². The summed E-state index contributed by atoms with van der Waals surface area (Å²) in [6, 6.07) is 3.34. The molecule has 2 aromatic heterocycles. The first-order valence-corrected chi connectivity index (χ1v) is 8.53. The van der Waals surface area contributed by atoms with Gasteiger partial charge in [0.15, 0.2) is 0 Å². The van der Waals surface area contributed by atoms with Crippen LogP contribution in [0, 0.1) is 0 Å². The minimum atomic E-state index is -0.233. The number of carbonyl (C=O) groups excluding carboxylic acids is 1. The number of nitrogens with one attached hydrogen (secondary N) is 1. The van der Waals surface area contributed by atoms with E-state index < -0.39 is 0 Å². The van der Waals surface area contributed by atoms with Crippen LogP contribution in [-0.2, 0) is 19.9 Å². The number of benzene rings is 1. The van der Waals surface area contributed by atoms with Gasteiger partial charge in [0.25, 0.3) is 5.91 Å². The van der Waals surface area contributed by atoms with Crippen LogP contribution in [0.15, 0.2) is 29.0 Å². The van der Waals surface area contributed by atoms with Crippen LogP contribution >= 0.6 is 0 Å². The van der Waals surface area contributed by atoms with Crippen LogP contribution in [0.4, 0.5) is 0 Å². The molecule has 0 spiro atoms. The minimum Gasteiger partial charge on any atom is -0.508 e. The maximum absolute atomic E-state index is 12.4. The Labute approximate surface area is 149 Å². The third kappa shape index (κ3) is 2.83. The smallest absolute Gasteiger partial charge is 0.254 e. The molecule has 2 heterocycles. The molecule has 26 heavy (non-hydrogen) atoms. The summed E-state index contributed by atoms with van der Waals surface area (Å²) in [6.45, 7) is 1.94. The predicted octanol–water partition coefficient (Wildman–Crippen LogP) is 2.16. The van der Waals surface area contributed by atoms with Crippen molar-refractivity contribution in [3.05, 3.63) is 47.1 Å². The zero-order valence-corrected chi connectivity index (χ0v) is 14.6. The van der Waals surface area contributed by atoms with E-state index in [1.807, 2.05) is 13.0 Å². The second-order valence-corrected chi connectivity index (χ2v) is 6.40. The number of phenols is 1. The first-order valence-electron chi connectivity index (χ1n) is 8.53. The lowest BCUT2D eigenvalue weighted by Crippen LogP contribution is -2.26. The molecule has 1 aliphatic carbocycles. The molecule has 0 unspecified atom stereocenters. The maximum atomic E-state index is 12.4. The molecule has 0 radical (unpaired) electrons. The molecule has 1 aliphatic rings. The van der Waals surface area contributed by atoms with Crippen molar-refractivity contribution in [2.24, 2.45) is 7.05 Å². The van der Waals surface area contributed by atoms with E-state index >= 15 is 0 Å². The number of amides is 1. The lowest BCUT2D eigenvalue weighted by molar-refractivity contribution is 0.0936. The van der Waals surface area contributed by atoms with Gasteiger partial charge in [0.1, 0.15) is 5.75 Å². The number of rotatable bonds is 4. The number of hydrogen-bond donors (Lipinski definition) is 2. The van der Waals surface area contributed by atoms with Crippen molar-refractivity contribution in [1.82, 2.24) is 25.2 Å². The van der Waals surface area contributed by atoms with E-state index in [2.05, 4.69) is 20.6 Å². The van der Waals surface area contributed by atoms with Gasteiger partial charge in [-0.05, 0) is 30.5 Å². The third-order valence-electron chi connectivity index (χ3n) is 4.60. The van der Waals surface area contributed by atoms with Gasteiger partial charge in [-0.1, -0.05) is 12.1 Å². The van der Waals surface area contributed by atoms with Crippen LogP contribution in [0.5, 0.6) is 5.75 Å². The van der Waals surface area contributed by atoms with Gasteiger partial charge >= 0.3 is 0 Å². The Morgan fingerprint density at radius 1 is 1.46 bits per heavy atom. The number of phenolic OH excluding ortho intramolecular Hbond substituents is 1. The van der Waals surface area contributed by atoms with E-state index in [0.717, 1.165) is 24.0 Å². The summed E-state index contributed by atoms with van der Waals surface area (Å²) < 4.78 is 6.72. The van der Waals surface area contributed by atoms with E-state index in [0.29, 0.717) is 29.3 Å². The van der Waals surface area contributed by atoms with Crippen molar-refractivity contribution < 1.29 is 14.4 Å². The molecule has 8 heteroatoms. The van der Waals surface area contributed by atoms with Crippen LogP contribution in [0.25, 0.3) is 11.4 Å². The number of hydrogen-bond acceptors (Lipinski definition) is 6. The molecule has 134 valence electrons. The van der Waals surface area contributed by atoms with Gasteiger partial charge in [0.05, 0.1) is 17.8 Å². The fraction of sp³-hybridized carbons (Fsp3) is 0.333. The molecular weight excluding hydrogens is 334 g/mol. The molecular formula is C18H19N5O3.